The summed E-state index contributed by atoms with van der Waals surface area (Å²) in [6.07, 6.45) is 2.43. The van der Waals surface area contributed by atoms with Crippen LogP contribution in [-0.2, 0) is 4.79 Å². The molecule has 0 aliphatic carbocycles. The van der Waals surface area contributed by atoms with Gasteiger partial charge in [0.1, 0.15) is 0 Å². The van der Waals surface area contributed by atoms with Crippen LogP contribution in [0.4, 0.5) is 5.69 Å². The van der Waals surface area contributed by atoms with Crippen molar-refractivity contribution in [2.75, 3.05) is 45.2 Å². The van der Waals surface area contributed by atoms with Crippen LogP contribution in [0, 0.1) is 0 Å². The van der Waals surface area contributed by atoms with Gasteiger partial charge in [-0.15, -0.1) is 0 Å². The van der Waals surface area contributed by atoms with Gasteiger partial charge in [-0.05, 0) is 66.9 Å². The van der Waals surface area contributed by atoms with Crippen molar-refractivity contribution in [1.29, 1.82) is 0 Å². The number of nitrogens with zero attached hydrogens (tertiary/aromatic N) is 3. The van der Waals surface area contributed by atoms with Crippen LogP contribution >= 0.6 is 23.2 Å². The van der Waals surface area contributed by atoms with Crippen molar-refractivity contribution >= 4 is 34.8 Å². The van der Waals surface area contributed by atoms with E-state index in [2.05, 4.69) is 53.4 Å². The van der Waals surface area contributed by atoms with Crippen LogP contribution in [0.5, 0.6) is 0 Å². The lowest BCUT2D eigenvalue weighted by molar-refractivity contribution is -0.131. The minimum Gasteiger partial charge on any atom is -0.365 e. The number of anilines is 1. The number of likely N-dealkylation sites (tertiary alicyclic amines) is 1. The molecule has 1 amide bonds. The van der Waals surface area contributed by atoms with Crippen LogP contribution in [-0.4, -0.2) is 56.0 Å². The van der Waals surface area contributed by atoms with E-state index in [1.165, 1.54) is 24.0 Å². The fourth-order valence-corrected chi connectivity index (χ4v) is 4.81. The van der Waals surface area contributed by atoms with Crippen LogP contribution in [0.3, 0.4) is 0 Å². The largest absolute Gasteiger partial charge is 0.365 e. The third kappa shape index (κ3) is 5.93. The van der Waals surface area contributed by atoms with Gasteiger partial charge < -0.3 is 14.7 Å². The maximum atomic E-state index is 13.4. The molecular formula is C28H31Cl2N3O. The lowest BCUT2D eigenvalue weighted by atomic mass is 9.98. The fraction of sp³-hybridized carbons (Fsp3) is 0.321. The second kappa shape index (κ2) is 11.3. The smallest absolute Gasteiger partial charge is 0.242 e. The number of carbonyl (C=O) groups excluding carboxylic acids is 1. The molecule has 1 unspecified atom stereocenters. The average Bonchev–Trinajstić information content (AvgIpc) is 3.37. The molecule has 3 aromatic rings. The van der Waals surface area contributed by atoms with Gasteiger partial charge in [0.2, 0.25) is 5.91 Å². The van der Waals surface area contributed by atoms with Crippen LogP contribution in [0.1, 0.15) is 24.4 Å². The first kappa shape index (κ1) is 24.6. The number of amides is 1. The van der Waals surface area contributed by atoms with E-state index in [4.69, 9.17) is 23.2 Å². The van der Waals surface area contributed by atoms with Gasteiger partial charge in [0.05, 0.1) is 22.6 Å². The van der Waals surface area contributed by atoms with Crippen LogP contribution in [0.2, 0.25) is 10.0 Å². The number of hydrogen-bond donors (Lipinski definition) is 0. The zero-order valence-electron chi connectivity index (χ0n) is 19.8. The predicted molar refractivity (Wildman–Crippen MR) is 143 cm³/mol. The Bertz CT molecular complexity index is 1120. The van der Waals surface area contributed by atoms with Gasteiger partial charge in [-0.2, -0.15) is 0 Å². The Balaban J connectivity index is 1.56. The molecule has 1 aliphatic rings. The normalized spacial score (nSPS) is 14.7. The van der Waals surface area contributed by atoms with Crippen molar-refractivity contribution in [3.05, 3.63) is 88.4 Å². The predicted octanol–water partition coefficient (Wildman–Crippen LogP) is 6.39. The maximum Gasteiger partial charge on any atom is 0.242 e. The molecule has 1 aliphatic heterocycles. The van der Waals surface area contributed by atoms with Gasteiger partial charge in [-0.25, -0.2) is 0 Å². The molecule has 1 saturated heterocycles. The van der Waals surface area contributed by atoms with Crippen molar-refractivity contribution in [2.45, 2.75) is 18.9 Å². The highest BCUT2D eigenvalue weighted by Crippen LogP contribution is 2.29. The Morgan fingerprint density at radius 1 is 0.882 bits per heavy atom. The van der Waals surface area contributed by atoms with Gasteiger partial charge >= 0.3 is 0 Å². The van der Waals surface area contributed by atoms with Crippen LogP contribution < -0.4 is 4.90 Å². The van der Waals surface area contributed by atoms with E-state index in [0.29, 0.717) is 10.0 Å². The van der Waals surface area contributed by atoms with E-state index >= 15 is 0 Å². The van der Waals surface area contributed by atoms with Crippen molar-refractivity contribution in [3.63, 3.8) is 0 Å². The van der Waals surface area contributed by atoms with Crippen LogP contribution in [0.15, 0.2) is 72.8 Å². The number of rotatable bonds is 8. The van der Waals surface area contributed by atoms with Crippen molar-refractivity contribution in [1.82, 2.24) is 9.80 Å². The van der Waals surface area contributed by atoms with Gasteiger partial charge in [0.25, 0.3) is 0 Å². The number of likely N-dealkylation sites (N-methyl/N-ethyl adjacent to an activating group) is 2. The average molecular weight is 496 g/mol. The van der Waals surface area contributed by atoms with E-state index in [9.17, 15) is 4.79 Å². The highest BCUT2D eigenvalue weighted by atomic mass is 35.5. The standard InChI is InChI=1S/C28H31Cl2N3O/c1-31(24-13-14-25(29)26(30)18-24)20-28(34)32(2)27(19-33-15-6-7-16-33)23-12-8-11-22(17-23)21-9-4-3-5-10-21/h3-5,8-14,17-18,27H,6-7,15-16,19-20H2,1-2H3. The molecular weight excluding hydrogens is 465 g/mol. The molecule has 1 atom stereocenters. The highest BCUT2D eigenvalue weighted by Gasteiger charge is 2.26. The van der Waals surface area contributed by atoms with E-state index in [1.807, 2.05) is 36.0 Å². The molecule has 0 aromatic heterocycles. The van der Waals surface area contributed by atoms with Gasteiger partial charge in [0, 0.05) is 26.3 Å². The molecule has 1 heterocycles. The first-order valence-corrected chi connectivity index (χ1v) is 12.5. The molecule has 0 bridgehead atoms. The SMILES string of the molecule is CN(CC(=O)N(C)C(CN1CCCC1)c1cccc(-c2ccccc2)c1)c1ccc(Cl)c(Cl)c1. The number of carbonyl (C=O) groups is 1. The zero-order valence-corrected chi connectivity index (χ0v) is 21.3. The molecule has 0 radical (unpaired) electrons. The molecule has 0 saturated carbocycles. The quantitative estimate of drug-likeness (QED) is 0.362. The summed E-state index contributed by atoms with van der Waals surface area (Å²) < 4.78 is 0. The second-order valence-electron chi connectivity index (χ2n) is 8.97. The van der Waals surface area contributed by atoms with E-state index in [-0.39, 0.29) is 18.5 Å². The highest BCUT2D eigenvalue weighted by molar-refractivity contribution is 6.42. The third-order valence-corrected chi connectivity index (χ3v) is 7.32. The molecule has 3 aromatic carbocycles. The van der Waals surface area contributed by atoms with Crippen molar-refractivity contribution < 1.29 is 4.79 Å². The van der Waals surface area contributed by atoms with Crippen molar-refractivity contribution in [3.8, 4) is 11.1 Å². The molecule has 34 heavy (non-hydrogen) atoms. The maximum absolute atomic E-state index is 13.4. The Kier molecular flexibility index (Phi) is 8.15. The molecule has 0 N–H and O–H groups in total. The number of halogens is 2. The Hall–Kier alpha value is -2.53. The monoisotopic (exact) mass is 495 g/mol. The Morgan fingerprint density at radius 3 is 2.29 bits per heavy atom. The van der Waals surface area contributed by atoms with Gasteiger partial charge in [-0.1, -0.05) is 71.7 Å². The topological polar surface area (TPSA) is 26.8 Å². The summed E-state index contributed by atoms with van der Waals surface area (Å²) in [6.45, 7) is 3.25. The molecule has 1 fully saturated rings. The first-order valence-electron chi connectivity index (χ1n) is 11.7. The van der Waals surface area contributed by atoms with Gasteiger partial charge in [-0.3, -0.25) is 4.79 Å². The summed E-state index contributed by atoms with van der Waals surface area (Å²) in [5.41, 5.74) is 4.36. The molecule has 4 nitrogen and oxygen atoms in total. The second-order valence-corrected chi connectivity index (χ2v) is 9.79. The minimum atomic E-state index is -0.0310. The molecule has 0 spiro atoms. The lowest BCUT2D eigenvalue weighted by Gasteiger charge is -2.33. The molecule has 178 valence electrons. The van der Waals surface area contributed by atoms with E-state index < -0.39 is 0 Å². The summed E-state index contributed by atoms with van der Waals surface area (Å²) in [5, 5.41) is 0.989. The van der Waals surface area contributed by atoms with Crippen LogP contribution in [0.25, 0.3) is 11.1 Å². The van der Waals surface area contributed by atoms with E-state index in [0.717, 1.165) is 30.9 Å². The first-order chi connectivity index (χ1) is 16.4. The minimum absolute atomic E-state index is 0.0310. The summed E-state index contributed by atoms with van der Waals surface area (Å²) in [5.74, 6) is 0.0582. The third-order valence-electron chi connectivity index (χ3n) is 6.59. The Morgan fingerprint density at radius 2 is 1.59 bits per heavy atom. The van der Waals surface area contributed by atoms with Gasteiger partial charge in [0.15, 0.2) is 0 Å². The summed E-state index contributed by atoms with van der Waals surface area (Å²) >= 11 is 12.2. The van der Waals surface area contributed by atoms with Crippen molar-refractivity contribution in [2.24, 2.45) is 0 Å². The zero-order chi connectivity index (χ0) is 24.1. The molecule has 6 heteroatoms. The lowest BCUT2D eigenvalue weighted by Crippen LogP contribution is -2.42. The Labute approximate surface area is 212 Å². The fourth-order valence-electron chi connectivity index (χ4n) is 4.52. The summed E-state index contributed by atoms with van der Waals surface area (Å²) in [6, 6.07) is 24.4. The number of hydrogen-bond acceptors (Lipinski definition) is 3. The summed E-state index contributed by atoms with van der Waals surface area (Å²) in [7, 11) is 3.82. The number of benzene rings is 3. The summed E-state index contributed by atoms with van der Waals surface area (Å²) in [4.78, 5) is 19.7. The molecule has 4 rings (SSSR count). The van der Waals surface area contributed by atoms with E-state index in [1.54, 1.807) is 12.1 Å².